The van der Waals surface area contributed by atoms with Gasteiger partial charge in [-0.15, -0.1) is 0 Å². The van der Waals surface area contributed by atoms with Crippen molar-refractivity contribution in [1.29, 1.82) is 0 Å². The second-order valence-electron chi connectivity index (χ2n) is 22.8. The number of unbranched alkanes of at least 4 members (excludes halogenated alkanes) is 11. The Morgan fingerprint density at radius 3 is 1.26 bits per heavy atom. The molecule has 19 nitrogen and oxygen atoms in total. The van der Waals surface area contributed by atoms with E-state index in [1.807, 2.05) is 6.08 Å². The molecule has 506 valence electrons. The van der Waals surface area contributed by atoms with Crippen molar-refractivity contribution >= 4 is 5.91 Å². The molecule has 0 aromatic carbocycles. The monoisotopic (exact) mass is 1260 g/mol. The molecule has 0 aromatic heterocycles. The van der Waals surface area contributed by atoms with Crippen molar-refractivity contribution in [3.05, 3.63) is 134 Å². The number of aliphatic hydroxyl groups is 11. The molecule has 17 atom stereocenters. The van der Waals surface area contributed by atoms with Gasteiger partial charge in [0.2, 0.25) is 5.91 Å². The third-order valence-corrected chi connectivity index (χ3v) is 15.4. The van der Waals surface area contributed by atoms with E-state index in [-0.39, 0.29) is 18.9 Å². The molecule has 0 spiro atoms. The first kappa shape index (κ1) is 79.2. The number of rotatable bonds is 47. The van der Waals surface area contributed by atoms with E-state index in [0.29, 0.717) is 12.8 Å². The predicted octanol–water partition coefficient (Wildman–Crippen LogP) is 7.82. The van der Waals surface area contributed by atoms with Gasteiger partial charge in [-0.25, -0.2) is 0 Å². The van der Waals surface area contributed by atoms with Crippen LogP contribution in [0.25, 0.3) is 0 Å². The molecule has 1 amide bonds. The second kappa shape index (κ2) is 50.5. The van der Waals surface area contributed by atoms with Crippen LogP contribution in [0.15, 0.2) is 134 Å². The van der Waals surface area contributed by atoms with Gasteiger partial charge in [0, 0.05) is 6.42 Å². The van der Waals surface area contributed by atoms with E-state index >= 15 is 0 Å². The maximum atomic E-state index is 13.4. The molecule has 12 N–H and O–H groups in total. The van der Waals surface area contributed by atoms with Crippen LogP contribution in [-0.2, 0) is 33.2 Å². The van der Waals surface area contributed by atoms with Crippen LogP contribution in [-0.4, -0.2) is 193 Å². The Balaban J connectivity index is 1.43. The van der Waals surface area contributed by atoms with E-state index in [9.17, 15) is 61.0 Å². The molecule has 3 aliphatic rings. The highest BCUT2D eigenvalue weighted by Gasteiger charge is 2.53. The van der Waals surface area contributed by atoms with E-state index in [2.05, 4.69) is 141 Å². The molecule has 3 fully saturated rings. The Kier molecular flexibility index (Phi) is 44.9. The highest BCUT2D eigenvalue weighted by atomic mass is 16.8. The van der Waals surface area contributed by atoms with Crippen molar-refractivity contribution in [3.8, 4) is 0 Å². The van der Waals surface area contributed by atoms with Crippen LogP contribution in [0.2, 0.25) is 0 Å². The zero-order valence-corrected chi connectivity index (χ0v) is 53.1. The van der Waals surface area contributed by atoms with Gasteiger partial charge < -0.3 is 89.9 Å². The van der Waals surface area contributed by atoms with Crippen molar-refractivity contribution in [3.63, 3.8) is 0 Å². The first-order valence-electron chi connectivity index (χ1n) is 32.9. The normalized spacial score (nSPS) is 29.1. The van der Waals surface area contributed by atoms with Gasteiger partial charge in [-0.1, -0.05) is 186 Å². The molecule has 3 heterocycles. The van der Waals surface area contributed by atoms with Gasteiger partial charge in [-0.3, -0.25) is 4.79 Å². The van der Waals surface area contributed by atoms with Crippen LogP contribution in [0, 0.1) is 0 Å². The maximum absolute atomic E-state index is 13.4. The van der Waals surface area contributed by atoms with Crippen LogP contribution in [0.5, 0.6) is 0 Å². The molecule has 0 saturated carbocycles. The minimum atomic E-state index is -1.99. The Morgan fingerprint density at radius 2 is 0.787 bits per heavy atom. The third kappa shape index (κ3) is 32.9. The average molecular weight is 1260 g/mol. The van der Waals surface area contributed by atoms with Crippen LogP contribution in [0.1, 0.15) is 168 Å². The summed E-state index contributed by atoms with van der Waals surface area (Å²) in [5.41, 5.74) is 0. The summed E-state index contributed by atoms with van der Waals surface area (Å²) in [6, 6.07) is -1.01. The minimum Gasteiger partial charge on any atom is -0.394 e. The summed E-state index contributed by atoms with van der Waals surface area (Å²) in [6.07, 6.45) is 42.9. The van der Waals surface area contributed by atoms with Gasteiger partial charge >= 0.3 is 0 Å². The Morgan fingerprint density at radius 1 is 0.416 bits per heavy atom. The Hall–Kier alpha value is -4.07. The molecule has 3 saturated heterocycles. The van der Waals surface area contributed by atoms with Crippen LogP contribution in [0.3, 0.4) is 0 Å². The number of carbonyl (C=O) groups excluding carboxylic acids is 1. The summed E-state index contributed by atoms with van der Waals surface area (Å²) in [5, 5.41) is 120. The Bertz CT molecular complexity index is 2130. The lowest BCUT2D eigenvalue weighted by molar-refractivity contribution is -0.379. The van der Waals surface area contributed by atoms with Crippen molar-refractivity contribution in [2.45, 2.75) is 272 Å². The topological polar surface area (TPSA) is 307 Å². The van der Waals surface area contributed by atoms with Gasteiger partial charge in [0.05, 0.1) is 38.6 Å². The summed E-state index contributed by atoms with van der Waals surface area (Å²) in [5.74, 6) is -0.313. The molecule has 89 heavy (non-hydrogen) atoms. The molecule has 0 radical (unpaired) electrons. The standard InChI is InChI=1S/C70H113NO18/c1-3-5-7-9-11-13-15-17-18-19-20-21-22-23-24-25-26-27-28-29-30-31-32-33-34-36-38-40-42-44-46-48-58(76)71-53(54(75)47-45-43-41-39-37-35-16-14-12-10-8-6-4-2)52-84-68-64(82)61(79)66(56(50-73)86-68)89-70-65(83)62(80)67(57(51-74)87-70)88-69-63(81)60(78)59(77)55(49-72)85-69/h5,7,11-14,17-18,20-21,23-24,26-27,29-30,32-33,37,39,45,47,53-57,59-70,72-75,77-83H,3-4,6,8-10,15-16,19,22,25,28,31,34-36,38,40-44,46,48-52H2,1-2H3,(H,71,76)/b7-5-,13-11-,14-12+,18-17-,21-20-,24-23-,27-26-,30-29-,33-32-,39-37+,47-45+. The lowest BCUT2D eigenvalue weighted by Crippen LogP contribution is -2.66. The smallest absolute Gasteiger partial charge is 0.220 e. The number of carbonyl (C=O) groups is 1. The molecule has 19 heteroatoms. The van der Waals surface area contributed by atoms with Crippen LogP contribution < -0.4 is 5.32 Å². The molecule has 17 unspecified atom stereocenters. The number of nitrogens with one attached hydrogen (secondary N) is 1. The van der Waals surface area contributed by atoms with Crippen molar-refractivity contribution in [2.75, 3.05) is 26.4 Å². The average Bonchev–Trinajstić information content (AvgIpc) is 1.92. The van der Waals surface area contributed by atoms with E-state index in [0.717, 1.165) is 116 Å². The zero-order valence-electron chi connectivity index (χ0n) is 53.1. The largest absolute Gasteiger partial charge is 0.394 e. The fourth-order valence-corrected chi connectivity index (χ4v) is 10.1. The number of allylic oxidation sites excluding steroid dienone is 21. The highest BCUT2D eigenvalue weighted by molar-refractivity contribution is 5.76. The van der Waals surface area contributed by atoms with Gasteiger partial charge in [-0.05, 0) is 109 Å². The number of amides is 1. The van der Waals surface area contributed by atoms with Gasteiger partial charge in [0.25, 0.3) is 0 Å². The summed E-state index contributed by atoms with van der Waals surface area (Å²) in [7, 11) is 0. The van der Waals surface area contributed by atoms with E-state index < -0.39 is 124 Å². The minimum absolute atomic E-state index is 0.205. The number of aliphatic hydroxyl groups excluding tert-OH is 11. The fraction of sp³-hybridized carbons (Fsp3) is 0.671. The summed E-state index contributed by atoms with van der Waals surface area (Å²) in [4.78, 5) is 13.4. The first-order chi connectivity index (χ1) is 43.3. The SMILES string of the molecule is CC/C=C\C/C=C\C/C=C\C/C=C\C/C=C\C/C=C\C/C=C\C/C=C\CCCCCCCCC(=O)NC(COC1OC(CO)C(OC2OC(CO)C(OC3OC(CO)C(O)C(O)C3O)C(O)C2O)C(O)C1O)C(O)/C=C/CC/C=C/CC/C=C/CCCCC. The second-order valence-corrected chi connectivity index (χ2v) is 22.8. The molecule has 0 aliphatic carbocycles. The number of ether oxygens (including phenoxy) is 6. The number of hydrogen-bond donors (Lipinski definition) is 12. The first-order valence-corrected chi connectivity index (χ1v) is 32.9. The van der Waals surface area contributed by atoms with Crippen LogP contribution >= 0.6 is 0 Å². The zero-order chi connectivity index (χ0) is 64.7. The molecule has 3 rings (SSSR count). The summed E-state index contributed by atoms with van der Waals surface area (Å²) in [6.45, 7) is 1.50. The predicted molar refractivity (Wildman–Crippen MR) is 346 cm³/mol. The van der Waals surface area contributed by atoms with Crippen molar-refractivity contribution < 1.29 is 89.4 Å². The van der Waals surface area contributed by atoms with Crippen molar-refractivity contribution in [2.24, 2.45) is 0 Å². The molecule has 3 aliphatic heterocycles. The molecular weight excluding hydrogens is 1140 g/mol. The molecule has 0 bridgehead atoms. The van der Waals surface area contributed by atoms with Crippen molar-refractivity contribution in [1.82, 2.24) is 5.32 Å². The quantitative estimate of drug-likeness (QED) is 0.0204. The summed E-state index contributed by atoms with van der Waals surface area (Å²) < 4.78 is 34.2. The van der Waals surface area contributed by atoms with Gasteiger partial charge in [-0.2, -0.15) is 0 Å². The molecule has 0 aromatic rings. The third-order valence-electron chi connectivity index (χ3n) is 15.4. The lowest BCUT2D eigenvalue weighted by Gasteiger charge is -2.48. The number of hydrogen-bond acceptors (Lipinski definition) is 18. The lowest BCUT2D eigenvalue weighted by atomic mass is 9.96. The van der Waals surface area contributed by atoms with E-state index in [1.54, 1.807) is 6.08 Å². The van der Waals surface area contributed by atoms with Gasteiger partial charge in [0.15, 0.2) is 18.9 Å². The molecular formula is C70H113NO18. The Labute approximate surface area is 530 Å². The van der Waals surface area contributed by atoms with Gasteiger partial charge in [0.1, 0.15) is 73.2 Å². The van der Waals surface area contributed by atoms with E-state index in [1.165, 1.54) is 19.3 Å². The highest BCUT2D eigenvalue weighted by Crippen LogP contribution is 2.33. The maximum Gasteiger partial charge on any atom is 0.220 e. The van der Waals surface area contributed by atoms with E-state index in [4.69, 9.17) is 28.4 Å². The summed E-state index contributed by atoms with van der Waals surface area (Å²) >= 11 is 0. The van der Waals surface area contributed by atoms with Crippen LogP contribution in [0.4, 0.5) is 0 Å². The fourth-order valence-electron chi connectivity index (χ4n) is 10.1.